The van der Waals surface area contributed by atoms with Crippen LogP contribution in [0, 0.1) is 0 Å². The lowest BCUT2D eigenvalue weighted by atomic mass is 10.6. The highest BCUT2D eigenvalue weighted by Gasteiger charge is 1.93. The molecule has 84 valence electrons. The number of aromatic nitrogens is 1. The maximum Gasteiger partial charge on any atom is 0.217 e. The van der Waals surface area contributed by atoms with Gasteiger partial charge < -0.3 is 9.47 Å². The quantitative estimate of drug-likeness (QED) is 0.386. The first-order chi connectivity index (χ1) is 7.43. The topological polar surface area (TPSA) is 49.8 Å². The Bertz CT molecular complexity index is 247. The molecule has 0 atom stereocenters. The minimum Gasteiger partial charge on any atom is -0.475 e. The minimum absolute atomic E-state index is 0.372. The van der Waals surface area contributed by atoms with Crippen molar-refractivity contribution >= 4 is 8.35 Å². The van der Waals surface area contributed by atoms with Crippen molar-refractivity contribution in [2.24, 2.45) is 0 Å². The average Bonchev–Trinajstić information content (AvgIpc) is 2.29. The van der Waals surface area contributed by atoms with E-state index >= 15 is 0 Å². The summed E-state index contributed by atoms with van der Waals surface area (Å²) >= 11 is 0. The predicted molar refractivity (Wildman–Crippen MR) is 56.0 cm³/mol. The van der Waals surface area contributed by atoms with Crippen LogP contribution >= 0.6 is 8.35 Å². The summed E-state index contributed by atoms with van der Waals surface area (Å²) in [4.78, 5) is 9.63. The van der Waals surface area contributed by atoms with Crippen LogP contribution < -0.4 is 4.74 Å². The summed E-state index contributed by atoms with van der Waals surface area (Å²) in [6.45, 7) is 1.73. The molecule has 0 spiro atoms. The molecule has 15 heavy (non-hydrogen) atoms. The van der Waals surface area contributed by atoms with E-state index in [1.807, 2.05) is 17.9 Å². The fourth-order valence-corrected chi connectivity index (χ4v) is 1.25. The van der Waals surface area contributed by atoms with Crippen LogP contribution in [0.3, 0.4) is 0 Å². The lowest BCUT2D eigenvalue weighted by Gasteiger charge is -2.05. The number of hydrogen-bond donors (Lipinski definition) is 0. The van der Waals surface area contributed by atoms with Crippen molar-refractivity contribution in [2.75, 3.05) is 33.5 Å². The van der Waals surface area contributed by atoms with Crippen molar-refractivity contribution in [3.63, 3.8) is 0 Å². The molecule has 0 amide bonds. The lowest BCUT2D eigenvalue weighted by Crippen LogP contribution is -2.09. The average molecular weight is 231 g/mol. The van der Waals surface area contributed by atoms with E-state index in [0.717, 1.165) is 8.35 Å². The number of nitrogens with zero attached hydrogens (tertiary/aromatic N) is 1. The van der Waals surface area contributed by atoms with Gasteiger partial charge in [0.05, 0.1) is 6.61 Å². The smallest absolute Gasteiger partial charge is 0.217 e. The van der Waals surface area contributed by atoms with E-state index in [1.165, 1.54) is 0 Å². The lowest BCUT2D eigenvalue weighted by molar-refractivity contribution is -0.300. The molecule has 1 heterocycles. The van der Waals surface area contributed by atoms with Gasteiger partial charge >= 0.3 is 0 Å². The van der Waals surface area contributed by atoms with Gasteiger partial charge in [-0.15, -0.1) is 0 Å². The van der Waals surface area contributed by atoms with Crippen molar-refractivity contribution in [1.82, 2.24) is 4.75 Å². The second-order valence-electron chi connectivity index (χ2n) is 2.55. The molecule has 5 nitrogen and oxygen atoms in total. The molecule has 0 aliphatic heterocycles. The molecule has 0 N–H and O–H groups in total. The van der Waals surface area contributed by atoms with E-state index in [-0.39, 0.29) is 0 Å². The fraction of sp³-hybridized carbons (Fsp3) is 0.556. The van der Waals surface area contributed by atoms with E-state index in [4.69, 9.17) is 19.2 Å². The summed E-state index contributed by atoms with van der Waals surface area (Å²) in [5, 5.41) is 0. The first-order valence-corrected chi connectivity index (χ1v) is 5.49. The van der Waals surface area contributed by atoms with Gasteiger partial charge in [0.1, 0.15) is 19.8 Å². The third-order valence-electron chi connectivity index (χ3n) is 1.42. The summed E-state index contributed by atoms with van der Waals surface area (Å²) in [6.07, 6.45) is 0. The van der Waals surface area contributed by atoms with Crippen LogP contribution in [0.4, 0.5) is 0 Å². The van der Waals surface area contributed by atoms with Gasteiger partial charge in [-0.05, 0) is 5.80 Å². The standard InChI is InChI=1S/C9H14NO4P/c1-11-4-6-13-14-7-5-12-9-3-2-8-15-10-9/h2-3,8H,4-7H2,1H3. The van der Waals surface area contributed by atoms with Crippen molar-refractivity contribution in [1.29, 1.82) is 0 Å². The Morgan fingerprint density at radius 2 is 2.00 bits per heavy atom. The van der Waals surface area contributed by atoms with Crippen LogP contribution in [0.25, 0.3) is 0 Å². The summed E-state index contributed by atoms with van der Waals surface area (Å²) in [6, 6.07) is 3.71. The molecule has 0 unspecified atom stereocenters. The Morgan fingerprint density at radius 3 is 2.67 bits per heavy atom. The third kappa shape index (κ3) is 6.36. The minimum atomic E-state index is 0.372. The second kappa shape index (κ2) is 8.56. The zero-order valence-corrected chi connectivity index (χ0v) is 9.48. The Balaban J connectivity index is 1.93. The number of ether oxygens (including phenoxy) is 2. The molecule has 0 aliphatic rings. The molecule has 0 fully saturated rings. The van der Waals surface area contributed by atoms with Gasteiger partial charge in [0, 0.05) is 21.5 Å². The highest BCUT2D eigenvalue weighted by Crippen LogP contribution is 2.08. The Labute approximate surface area is 90.4 Å². The molecule has 1 aromatic heterocycles. The van der Waals surface area contributed by atoms with Crippen molar-refractivity contribution in [2.45, 2.75) is 0 Å². The monoisotopic (exact) mass is 231 g/mol. The molecule has 0 saturated heterocycles. The molecule has 6 heteroatoms. The Morgan fingerprint density at radius 1 is 1.20 bits per heavy atom. The van der Waals surface area contributed by atoms with Crippen LogP contribution in [-0.2, 0) is 14.5 Å². The first kappa shape index (κ1) is 12.3. The highest BCUT2D eigenvalue weighted by molar-refractivity contribution is 7.24. The van der Waals surface area contributed by atoms with Crippen LogP contribution in [0.2, 0.25) is 0 Å². The van der Waals surface area contributed by atoms with E-state index in [9.17, 15) is 0 Å². The second-order valence-corrected chi connectivity index (χ2v) is 3.28. The van der Waals surface area contributed by atoms with Crippen LogP contribution in [0.1, 0.15) is 0 Å². The van der Waals surface area contributed by atoms with Crippen molar-refractivity contribution in [3.05, 3.63) is 17.9 Å². The number of methoxy groups -OCH3 is 1. The predicted octanol–water partition coefficient (Wildman–Crippen LogP) is 1.64. The fourth-order valence-electron chi connectivity index (χ4n) is 0.780. The zero-order chi connectivity index (χ0) is 10.8. The Kier molecular flexibility index (Phi) is 7.04. The van der Waals surface area contributed by atoms with Crippen LogP contribution in [0.15, 0.2) is 17.9 Å². The molecular formula is C9H14NO4P. The maximum absolute atomic E-state index is 5.29. The largest absolute Gasteiger partial charge is 0.475 e. The van der Waals surface area contributed by atoms with Crippen molar-refractivity contribution < 1.29 is 19.2 Å². The van der Waals surface area contributed by atoms with Gasteiger partial charge in [-0.3, -0.25) is 0 Å². The van der Waals surface area contributed by atoms with Gasteiger partial charge in [0.25, 0.3) is 0 Å². The van der Waals surface area contributed by atoms with Crippen LogP contribution in [-0.4, -0.2) is 38.3 Å². The maximum atomic E-state index is 5.29. The van der Waals surface area contributed by atoms with Gasteiger partial charge in [0.15, 0.2) is 0 Å². The first-order valence-electron chi connectivity index (χ1n) is 4.57. The molecule has 0 aliphatic carbocycles. The summed E-state index contributed by atoms with van der Waals surface area (Å²) in [7, 11) is 2.51. The van der Waals surface area contributed by atoms with Crippen LogP contribution in [0.5, 0.6) is 5.88 Å². The molecule has 1 aromatic rings. The van der Waals surface area contributed by atoms with E-state index in [2.05, 4.69) is 4.75 Å². The zero-order valence-electron chi connectivity index (χ0n) is 8.59. The van der Waals surface area contributed by atoms with Crippen molar-refractivity contribution in [3.8, 4) is 5.88 Å². The summed E-state index contributed by atoms with van der Waals surface area (Å²) in [5.41, 5.74) is 0. The van der Waals surface area contributed by atoms with Gasteiger partial charge in [-0.25, -0.2) is 9.78 Å². The van der Waals surface area contributed by atoms with Gasteiger partial charge in [-0.2, -0.15) is 4.75 Å². The van der Waals surface area contributed by atoms with E-state index < -0.39 is 0 Å². The molecule has 0 radical (unpaired) electrons. The van der Waals surface area contributed by atoms with Gasteiger partial charge in [0.2, 0.25) is 5.88 Å². The molecule has 0 bridgehead atoms. The molecule has 0 aromatic carbocycles. The molecule has 1 rings (SSSR count). The molecule has 0 saturated carbocycles. The Hall–Kier alpha value is -0.740. The van der Waals surface area contributed by atoms with E-state index in [1.54, 1.807) is 7.11 Å². The third-order valence-corrected chi connectivity index (χ3v) is 2.04. The van der Waals surface area contributed by atoms with E-state index in [0.29, 0.717) is 32.3 Å². The summed E-state index contributed by atoms with van der Waals surface area (Å²) < 4.78 is 14.1. The number of hydrogen-bond acceptors (Lipinski definition) is 5. The summed E-state index contributed by atoms with van der Waals surface area (Å²) in [5.74, 6) is 2.55. The highest BCUT2D eigenvalue weighted by atomic mass is 31.0. The molecular weight excluding hydrogens is 217 g/mol. The SMILES string of the molecule is COCCOOCCOc1cccpn1. The van der Waals surface area contributed by atoms with Gasteiger partial charge in [-0.1, -0.05) is 6.07 Å². The number of rotatable bonds is 8. The normalized spacial score (nSPS) is 10.7.